The summed E-state index contributed by atoms with van der Waals surface area (Å²) in [5.74, 6) is -0.0669. The molecule has 1 atom stereocenters. The third-order valence-electron chi connectivity index (χ3n) is 4.02. The maximum atomic E-state index is 13.8. The standard InChI is InChI=1S/C20H25FN4O.HI/c1-4-23-20(24-12-15-6-5-7-17(10-15)19(22)26)25-14(3)16-9-8-13(2)18(21)11-16;/h5-11,14H,4,12H2,1-3H3,(H2,22,26)(H2,23,24,25);1H. The van der Waals surface area contributed by atoms with Crippen LogP contribution in [0.25, 0.3) is 0 Å². The molecule has 27 heavy (non-hydrogen) atoms. The third-order valence-corrected chi connectivity index (χ3v) is 4.02. The first-order valence-corrected chi connectivity index (χ1v) is 8.60. The van der Waals surface area contributed by atoms with E-state index in [1.807, 2.05) is 26.0 Å². The van der Waals surface area contributed by atoms with E-state index in [0.29, 0.717) is 30.2 Å². The Morgan fingerprint density at radius 3 is 2.63 bits per heavy atom. The number of primary amides is 1. The van der Waals surface area contributed by atoms with Gasteiger partial charge in [0, 0.05) is 12.1 Å². The molecular weight excluding hydrogens is 458 g/mol. The highest BCUT2D eigenvalue weighted by atomic mass is 127. The fraction of sp³-hybridized carbons (Fsp3) is 0.300. The first kappa shape index (κ1) is 22.9. The van der Waals surface area contributed by atoms with E-state index in [9.17, 15) is 9.18 Å². The van der Waals surface area contributed by atoms with Gasteiger partial charge in [-0.2, -0.15) is 0 Å². The van der Waals surface area contributed by atoms with Crippen molar-refractivity contribution >= 4 is 35.8 Å². The van der Waals surface area contributed by atoms with Crippen LogP contribution in [-0.2, 0) is 6.54 Å². The summed E-state index contributed by atoms with van der Waals surface area (Å²) in [6.07, 6.45) is 0. The molecule has 0 aliphatic carbocycles. The largest absolute Gasteiger partial charge is 0.366 e. The first-order chi connectivity index (χ1) is 12.4. The number of nitrogens with one attached hydrogen (secondary N) is 2. The number of nitrogens with two attached hydrogens (primary N) is 1. The van der Waals surface area contributed by atoms with Crippen LogP contribution in [0.15, 0.2) is 47.5 Å². The zero-order chi connectivity index (χ0) is 19.1. The highest BCUT2D eigenvalue weighted by molar-refractivity contribution is 14.0. The molecule has 5 nitrogen and oxygen atoms in total. The van der Waals surface area contributed by atoms with E-state index in [1.54, 1.807) is 31.2 Å². The molecule has 0 heterocycles. The van der Waals surface area contributed by atoms with Gasteiger partial charge in [0.2, 0.25) is 5.91 Å². The Morgan fingerprint density at radius 2 is 2.00 bits per heavy atom. The molecule has 0 aromatic heterocycles. The van der Waals surface area contributed by atoms with Gasteiger partial charge in [0.25, 0.3) is 0 Å². The number of rotatable bonds is 6. The monoisotopic (exact) mass is 484 g/mol. The first-order valence-electron chi connectivity index (χ1n) is 8.60. The second-order valence-corrected chi connectivity index (χ2v) is 6.13. The lowest BCUT2D eigenvalue weighted by atomic mass is 10.1. The van der Waals surface area contributed by atoms with Crippen LogP contribution in [0, 0.1) is 12.7 Å². The summed E-state index contributed by atoms with van der Waals surface area (Å²) in [4.78, 5) is 15.8. The van der Waals surface area contributed by atoms with E-state index in [2.05, 4.69) is 15.6 Å². The van der Waals surface area contributed by atoms with Gasteiger partial charge in [0.1, 0.15) is 5.82 Å². The number of amides is 1. The van der Waals surface area contributed by atoms with Crippen LogP contribution < -0.4 is 16.4 Å². The number of nitrogens with zero attached hydrogens (tertiary/aromatic N) is 1. The van der Waals surface area contributed by atoms with Gasteiger partial charge in [-0.1, -0.05) is 24.3 Å². The molecule has 0 fully saturated rings. The molecular formula is C20H26FIN4O. The van der Waals surface area contributed by atoms with Gasteiger partial charge in [-0.05, 0) is 55.7 Å². The van der Waals surface area contributed by atoms with Crippen LogP contribution in [-0.4, -0.2) is 18.4 Å². The van der Waals surface area contributed by atoms with Crippen molar-refractivity contribution in [1.29, 1.82) is 0 Å². The van der Waals surface area contributed by atoms with Gasteiger partial charge in [0.05, 0.1) is 12.6 Å². The lowest BCUT2D eigenvalue weighted by molar-refractivity contribution is 0.1000. The number of hydrogen-bond acceptors (Lipinski definition) is 2. The van der Waals surface area contributed by atoms with Crippen LogP contribution in [0.2, 0.25) is 0 Å². The van der Waals surface area contributed by atoms with Gasteiger partial charge in [0.15, 0.2) is 5.96 Å². The van der Waals surface area contributed by atoms with Crippen LogP contribution in [0.4, 0.5) is 4.39 Å². The number of benzene rings is 2. The Hall–Kier alpha value is -2.16. The molecule has 0 saturated heterocycles. The minimum Gasteiger partial charge on any atom is -0.366 e. The van der Waals surface area contributed by atoms with Gasteiger partial charge in [-0.3, -0.25) is 4.79 Å². The molecule has 0 aliphatic rings. The van der Waals surface area contributed by atoms with Crippen molar-refractivity contribution < 1.29 is 9.18 Å². The van der Waals surface area contributed by atoms with E-state index in [4.69, 9.17) is 5.73 Å². The van der Waals surface area contributed by atoms with Crippen molar-refractivity contribution in [2.45, 2.75) is 33.4 Å². The molecule has 1 amide bonds. The molecule has 146 valence electrons. The molecule has 0 radical (unpaired) electrons. The second kappa shape index (κ2) is 10.9. The van der Waals surface area contributed by atoms with E-state index in [0.717, 1.165) is 11.1 Å². The van der Waals surface area contributed by atoms with Crippen LogP contribution in [0.3, 0.4) is 0 Å². The van der Waals surface area contributed by atoms with Crippen molar-refractivity contribution in [3.8, 4) is 0 Å². The lowest BCUT2D eigenvalue weighted by Gasteiger charge is -2.18. The van der Waals surface area contributed by atoms with Crippen LogP contribution in [0.5, 0.6) is 0 Å². The molecule has 2 aromatic rings. The van der Waals surface area contributed by atoms with Crippen molar-refractivity contribution in [1.82, 2.24) is 10.6 Å². The van der Waals surface area contributed by atoms with Crippen LogP contribution in [0.1, 0.15) is 46.9 Å². The van der Waals surface area contributed by atoms with E-state index in [1.165, 1.54) is 6.07 Å². The van der Waals surface area contributed by atoms with Gasteiger partial charge < -0.3 is 16.4 Å². The summed E-state index contributed by atoms with van der Waals surface area (Å²) >= 11 is 0. The summed E-state index contributed by atoms with van der Waals surface area (Å²) in [5.41, 5.74) is 8.11. The predicted octanol–water partition coefficient (Wildman–Crippen LogP) is 3.67. The summed E-state index contributed by atoms with van der Waals surface area (Å²) in [6, 6.07) is 12.2. The topological polar surface area (TPSA) is 79.5 Å². The molecule has 4 N–H and O–H groups in total. The molecule has 2 aromatic carbocycles. The number of hydrogen-bond donors (Lipinski definition) is 3. The zero-order valence-electron chi connectivity index (χ0n) is 15.8. The van der Waals surface area contributed by atoms with Gasteiger partial charge in [-0.25, -0.2) is 9.38 Å². The minimum absolute atomic E-state index is 0. The minimum atomic E-state index is -0.462. The highest BCUT2D eigenvalue weighted by Gasteiger charge is 2.10. The Balaban J connectivity index is 0.00000364. The predicted molar refractivity (Wildman–Crippen MR) is 118 cm³/mol. The van der Waals surface area contributed by atoms with Crippen molar-refractivity contribution in [3.05, 3.63) is 70.5 Å². The Labute approximate surface area is 176 Å². The van der Waals surface area contributed by atoms with E-state index >= 15 is 0 Å². The Kier molecular flexibility index (Phi) is 9.20. The summed E-state index contributed by atoms with van der Waals surface area (Å²) < 4.78 is 13.8. The summed E-state index contributed by atoms with van der Waals surface area (Å²) in [7, 11) is 0. The van der Waals surface area contributed by atoms with Crippen LogP contribution >= 0.6 is 24.0 Å². The number of aryl methyl sites for hydroxylation is 1. The highest BCUT2D eigenvalue weighted by Crippen LogP contribution is 2.16. The molecule has 0 saturated carbocycles. The normalized spacial score (nSPS) is 12.1. The fourth-order valence-corrected chi connectivity index (χ4v) is 2.48. The van der Waals surface area contributed by atoms with E-state index < -0.39 is 5.91 Å². The number of halogens is 2. The molecule has 7 heteroatoms. The maximum Gasteiger partial charge on any atom is 0.248 e. The smallest absolute Gasteiger partial charge is 0.248 e. The van der Waals surface area contributed by atoms with Crippen molar-refractivity contribution in [2.24, 2.45) is 10.7 Å². The third kappa shape index (κ3) is 6.82. The number of guanidine groups is 1. The summed E-state index contributed by atoms with van der Waals surface area (Å²) in [5, 5.41) is 6.44. The van der Waals surface area contributed by atoms with Crippen molar-refractivity contribution in [3.63, 3.8) is 0 Å². The average Bonchev–Trinajstić information content (AvgIpc) is 2.62. The second-order valence-electron chi connectivity index (χ2n) is 6.13. The number of aliphatic imine (C=N–C) groups is 1. The van der Waals surface area contributed by atoms with E-state index in [-0.39, 0.29) is 35.8 Å². The average molecular weight is 484 g/mol. The van der Waals surface area contributed by atoms with Crippen molar-refractivity contribution in [2.75, 3.05) is 6.54 Å². The lowest BCUT2D eigenvalue weighted by Crippen LogP contribution is -2.38. The SMILES string of the molecule is CCNC(=NCc1cccc(C(N)=O)c1)NC(C)c1ccc(C)c(F)c1.I. The molecule has 2 rings (SSSR count). The zero-order valence-corrected chi connectivity index (χ0v) is 18.1. The molecule has 0 bridgehead atoms. The van der Waals surface area contributed by atoms with Gasteiger partial charge in [-0.15, -0.1) is 24.0 Å². The quantitative estimate of drug-likeness (QED) is 0.333. The molecule has 0 aliphatic heterocycles. The number of carbonyl (C=O) groups is 1. The Bertz CT molecular complexity index is 810. The molecule has 1 unspecified atom stereocenters. The fourth-order valence-electron chi connectivity index (χ4n) is 2.48. The Morgan fingerprint density at radius 1 is 1.26 bits per heavy atom. The van der Waals surface area contributed by atoms with Gasteiger partial charge >= 0.3 is 0 Å². The summed E-state index contributed by atoms with van der Waals surface area (Å²) in [6.45, 7) is 6.75. The maximum absolute atomic E-state index is 13.8. The number of carbonyl (C=O) groups excluding carboxylic acids is 1. The molecule has 0 spiro atoms.